The molecule has 2 heterocycles. The van der Waals surface area contributed by atoms with Gasteiger partial charge in [0.05, 0.1) is 5.56 Å². The smallest absolute Gasteiger partial charge is 0.383 e. The summed E-state index contributed by atoms with van der Waals surface area (Å²) in [4.78, 5) is 20.7. The van der Waals surface area contributed by atoms with Gasteiger partial charge in [0.25, 0.3) is 5.91 Å². The first-order valence-electron chi connectivity index (χ1n) is 10.7. The lowest BCUT2D eigenvalue weighted by atomic mass is 9.49. The zero-order valence-electron chi connectivity index (χ0n) is 17.2. The van der Waals surface area contributed by atoms with Crippen LogP contribution in [0, 0.1) is 30.1 Å². The molecule has 7 nitrogen and oxygen atoms in total. The van der Waals surface area contributed by atoms with Gasteiger partial charge in [-0.25, -0.2) is 14.6 Å². The molecule has 166 valence electrons. The molecule has 10 heteroatoms. The fourth-order valence-corrected chi connectivity index (χ4v) is 6.41. The van der Waals surface area contributed by atoms with E-state index >= 15 is 0 Å². The van der Waals surface area contributed by atoms with Crippen molar-refractivity contribution in [3.63, 3.8) is 0 Å². The maximum Gasteiger partial charge on any atom is 0.435 e. The Labute approximate surface area is 177 Å². The molecule has 0 saturated heterocycles. The first-order chi connectivity index (χ1) is 14.6. The molecule has 1 amide bonds. The van der Waals surface area contributed by atoms with Crippen molar-refractivity contribution in [3.05, 3.63) is 29.3 Å². The minimum atomic E-state index is -4.77. The van der Waals surface area contributed by atoms with E-state index in [4.69, 9.17) is 5.73 Å². The summed E-state index contributed by atoms with van der Waals surface area (Å²) in [6.45, 7) is 2.00. The van der Waals surface area contributed by atoms with E-state index in [-0.39, 0.29) is 17.1 Å². The number of rotatable bonds is 4. The Bertz CT molecular complexity index is 995. The summed E-state index contributed by atoms with van der Waals surface area (Å²) >= 11 is 0. The highest BCUT2D eigenvalue weighted by molar-refractivity contribution is 5.95. The molecular weight excluding hydrogens is 409 g/mol. The van der Waals surface area contributed by atoms with Crippen LogP contribution in [-0.4, -0.2) is 32.2 Å². The molecule has 4 bridgehead atoms. The summed E-state index contributed by atoms with van der Waals surface area (Å²) < 4.78 is 41.9. The number of nitrogens with one attached hydrogen (secondary N) is 1. The molecule has 4 saturated carbocycles. The SMILES string of the molecule is Cc1c(N)ncnc1-n1cc(C(=O)NCC23CC4CC(CC(C4)C2)C3)c(C(F)(F)F)n1. The van der Waals surface area contributed by atoms with E-state index in [2.05, 4.69) is 20.4 Å². The second kappa shape index (κ2) is 6.93. The number of alkyl halides is 3. The molecule has 0 aromatic carbocycles. The van der Waals surface area contributed by atoms with Gasteiger partial charge in [0.1, 0.15) is 12.1 Å². The Morgan fingerprint density at radius 3 is 2.39 bits per heavy atom. The average Bonchev–Trinajstić information content (AvgIpc) is 3.13. The number of halogens is 3. The van der Waals surface area contributed by atoms with Crippen LogP contribution in [0.25, 0.3) is 5.82 Å². The number of nitrogens with two attached hydrogens (primary N) is 1. The van der Waals surface area contributed by atoms with Gasteiger partial charge >= 0.3 is 6.18 Å². The molecule has 4 fully saturated rings. The van der Waals surface area contributed by atoms with Gasteiger partial charge < -0.3 is 11.1 Å². The first-order valence-corrected chi connectivity index (χ1v) is 10.7. The van der Waals surface area contributed by atoms with Gasteiger partial charge in [0, 0.05) is 18.3 Å². The van der Waals surface area contributed by atoms with Gasteiger partial charge in [-0.05, 0) is 68.6 Å². The molecular formula is C21H25F3N6O. The van der Waals surface area contributed by atoms with Crippen molar-refractivity contribution >= 4 is 11.7 Å². The Kier molecular flexibility index (Phi) is 4.53. The third kappa shape index (κ3) is 3.55. The lowest BCUT2D eigenvalue weighted by Crippen LogP contribution is -2.51. The van der Waals surface area contributed by atoms with E-state index in [1.165, 1.54) is 19.3 Å². The number of anilines is 1. The molecule has 31 heavy (non-hydrogen) atoms. The van der Waals surface area contributed by atoms with Crippen molar-refractivity contribution in [1.29, 1.82) is 0 Å². The van der Waals surface area contributed by atoms with Crippen LogP contribution < -0.4 is 11.1 Å². The Morgan fingerprint density at radius 2 is 1.81 bits per heavy atom. The highest BCUT2D eigenvalue weighted by Gasteiger charge is 2.51. The predicted molar refractivity (Wildman–Crippen MR) is 106 cm³/mol. The van der Waals surface area contributed by atoms with Gasteiger partial charge in [-0.3, -0.25) is 4.79 Å². The van der Waals surface area contributed by atoms with Crippen LogP contribution in [0.4, 0.5) is 19.0 Å². The molecule has 2 aromatic heterocycles. The van der Waals surface area contributed by atoms with Crippen LogP contribution in [0.3, 0.4) is 0 Å². The normalized spacial score (nSPS) is 29.4. The second-order valence-electron chi connectivity index (χ2n) is 9.64. The van der Waals surface area contributed by atoms with Crippen LogP contribution in [0.15, 0.2) is 12.5 Å². The van der Waals surface area contributed by atoms with Crippen LogP contribution >= 0.6 is 0 Å². The summed E-state index contributed by atoms with van der Waals surface area (Å²) in [7, 11) is 0. The highest BCUT2D eigenvalue weighted by atomic mass is 19.4. The number of aromatic nitrogens is 4. The maximum absolute atomic E-state index is 13.7. The lowest BCUT2D eigenvalue weighted by Gasteiger charge is -2.56. The Morgan fingerprint density at radius 1 is 1.19 bits per heavy atom. The van der Waals surface area contributed by atoms with Crippen molar-refractivity contribution in [2.24, 2.45) is 23.2 Å². The molecule has 0 spiro atoms. The van der Waals surface area contributed by atoms with Crippen LogP contribution in [-0.2, 0) is 6.18 Å². The molecule has 0 atom stereocenters. The van der Waals surface area contributed by atoms with E-state index in [1.54, 1.807) is 6.92 Å². The molecule has 0 aliphatic heterocycles. The van der Waals surface area contributed by atoms with Crippen molar-refractivity contribution in [2.75, 3.05) is 12.3 Å². The third-order valence-corrected chi connectivity index (χ3v) is 7.33. The molecule has 4 aliphatic rings. The highest BCUT2D eigenvalue weighted by Crippen LogP contribution is 2.59. The molecule has 6 rings (SSSR count). The first kappa shape index (κ1) is 20.3. The fraction of sp³-hybridized carbons (Fsp3) is 0.619. The lowest BCUT2D eigenvalue weighted by molar-refractivity contribution is -0.141. The number of hydrogen-bond donors (Lipinski definition) is 2. The van der Waals surface area contributed by atoms with Crippen LogP contribution in [0.5, 0.6) is 0 Å². The summed E-state index contributed by atoms with van der Waals surface area (Å²) in [6.07, 6.45) is 4.42. The molecule has 2 aromatic rings. The monoisotopic (exact) mass is 434 g/mol. The predicted octanol–water partition coefficient (Wildman–Crippen LogP) is 3.52. The van der Waals surface area contributed by atoms with Gasteiger partial charge in [0.2, 0.25) is 0 Å². The van der Waals surface area contributed by atoms with Gasteiger partial charge in [-0.2, -0.15) is 18.3 Å². The van der Waals surface area contributed by atoms with E-state index in [0.29, 0.717) is 29.9 Å². The third-order valence-electron chi connectivity index (χ3n) is 7.33. The van der Waals surface area contributed by atoms with Crippen LogP contribution in [0.2, 0.25) is 0 Å². The summed E-state index contributed by atoms with van der Waals surface area (Å²) in [5.41, 5.74) is 4.42. The van der Waals surface area contributed by atoms with E-state index in [9.17, 15) is 18.0 Å². The fourth-order valence-electron chi connectivity index (χ4n) is 6.41. The maximum atomic E-state index is 13.7. The molecule has 3 N–H and O–H groups in total. The summed E-state index contributed by atoms with van der Waals surface area (Å²) in [5, 5.41) is 6.44. The molecule has 4 aliphatic carbocycles. The quantitative estimate of drug-likeness (QED) is 0.767. The number of nitrogens with zero attached hydrogens (tertiary/aromatic N) is 4. The largest absolute Gasteiger partial charge is 0.435 e. The van der Waals surface area contributed by atoms with Crippen molar-refractivity contribution in [2.45, 2.75) is 51.6 Å². The van der Waals surface area contributed by atoms with Gasteiger partial charge in [-0.1, -0.05) is 0 Å². The summed E-state index contributed by atoms with van der Waals surface area (Å²) in [5.74, 6) is 1.59. The van der Waals surface area contributed by atoms with E-state index < -0.39 is 23.3 Å². The van der Waals surface area contributed by atoms with Crippen molar-refractivity contribution in [3.8, 4) is 5.82 Å². The Hall–Kier alpha value is -2.65. The van der Waals surface area contributed by atoms with Crippen molar-refractivity contribution in [1.82, 2.24) is 25.1 Å². The number of amides is 1. The van der Waals surface area contributed by atoms with E-state index in [1.807, 2.05) is 0 Å². The van der Waals surface area contributed by atoms with E-state index in [0.717, 1.165) is 36.5 Å². The zero-order chi connectivity index (χ0) is 22.0. The minimum Gasteiger partial charge on any atom is -0.383 e. The van der Waals surface area contributed by atoms with Gasteiger partial charge in [-0.15, -0.1) is 0 Å². The number of carbonyl (C=O) groups is 1. The standard InChI is InChI=1S/C21H25F3N6O/c1-11-17(25)27-10-28-18(11)30-8-15(16(29-30)21(22,23)24)19(31)26-9-20-5-12-2-13(6-20)4-14(3-12)7-20/h8,10,12-14H,2-7,9H2,1H3,(H,26,31)(H2,25,27,28). The number of carbonyl (C=O) groups excluding carboxylic acids is 1. The molecule has 0 radical (unpaired) electrons. The number of nitrogen functional groups attached to an aromatic ring is 1. The van der Waals surface area contributed by atoms with Gasteiger partial charge in [0.15, 0.2) is 11.5 Å². The topological polar surface area (TPSA) is 98.7 Å². The Balaban J connectivity index is 1.41. The number of hydrogen-bond acceptors (Lipinski definition) is 5. The summed E-state index contributed by atoms with van der Waals surface area (Å²) in [6, 6.07) is 0. The second-order valence-corrected chi connectivity index (χ2v) is 9.64. The molecule has 0 unspecified atom stereocenters. The average molecular weight is 434 g/mol. The van der Waals surface area contributed by atoms with Crippen molar-refractivity contribution < 1.29 is 18.0 Å². The zero-order valence-corrected chi connectivity index (χ0v) is 17.2. The van der Waals surface area contributed by atoms with Crippen LogP contribution in [0.1, 0.15) is 60.1 Å². The minimum absolute atomic E-state index is 0.0243.